The third-order valence-electron chi connectivity index (χ3n) is 8.00. The van der Waals surface area contributed by atoms with Crippen molar-refractivity contribution in [2.24, 2.45) is 0 Å². The molecule has 0 spiro atoms. The van der Waals surface area contributed by atoms with Gasteiger partial charge in [-0.25, -0.2) is 9.97 Å². The maximum Gasteiger partial charge on any atom is 0.148 e. The minimum atomic E-state index is 0.896. The van der Waals surface area contributed by atoms with E-state index in [1.54, 1.807) is 0 Å². The van der Waals surface area contributed by atoms with Gasteiger partial charge in [0.25, 0.3) is 0 Å². The molecule has 7 aromatic rings. The second-order valence-corrected chi connectivity index (χ2v) is 9.66. The van der Waals surface area contributed by atoms with Crippen LogP contribution in [0.2, 0.25) is 0 Å². The lowest BCUT2D eigenvalue weighted by Crippen LogP contribution is -1.95. The van der Waals surface area contributed by atoms with Crippen molar-refractivity contribution in [2.45, 2.75) is 12.8 Å². The number of pyridine rings is 3. The third-order valence-corrected chi connectivity index (χ3v) is 8.00. The molecule has 0 saturated carbocycles. The van der Waals surface area contributed by atoms with Crippen LogP contribution in [0.25, 0.3) is 60.7 Å². The zero-order valence-corrected chi connectivity index (χ0v) is 18.8. The summed E-state index contributed by atoms with van der Waals surface area (Å²) in [5, 5.41) is 3.57. The highest BCUT2D eigenvalue weighted by Gasteiger charge is 2.30. The summed E-state index contributed by atoms with van der Waals surface area (Å²) in [6, 6.07) is 24.3. The minimum absolute atomic E-state index is 0.896. The molecule has 2 aliphatic carbocycles. The SMILES string of the molecule is c1ccc2c(c1)Cc1c-2ccc2c1Cc1ccc3c4cccnc4n4c5ccncc5nc4c3c1-2. The summed E-state index contributed by atoms with van der Waals surface area (Å²) in [4.78, 5) is 14.2. The molecular weight excluding hydrogens is 428 g/mol. The lowest BCUT2D eigenvalue weighted by molar-refractivity contribution is 1.16. The number of benzene rings is 3. The first-order valence-electron chi connectivity index (χ1n) is 12.0. The molecule has 0 amide bonds. The van der Waals surface area contributed by atoms with Crippen LogP contribution in [0.15, 0.2) is 85.3 Å². The first-order valence-corrected chi connectivity index (χ1v) is 12.0. The largest absolute Gasteiger partial charge is 0.276 e. The number of aromatic nitrogens is 4. The molecule has 4 nitrogen and oxygen atoms in total. The fourth-order valence-electron chi connectivity index (χ4n) is 6.56. The van der Waals surface area contributed by atoms with Crippen molar-refractivity contribution in [1.29, 1.82) is 0 Å². The molecule has 4 aromatic heterocycles. The van der Waals surface area contributed by atoms with Gasteiger partial charge in [0.15, 0.2) is 0 Å². The van der Waals surface area contributed by atoms with Gasteiger partial charge >= 0.3 is 0 Å². The highest BCUT2D eigenvalue weighted by molar-refractivity contribution is 6.19. The molecule has 4 heteroatoms. The molecule has 0 aliphatic heterocycles. The predicted molar refractivity (Wildman–Crippen MR) is 140 cm³/mol. The number of imidazole rings is 1. The van der Waals surface area contributed by atoms with E-state index in [9.17, 15) is 0 Å². The number of hydrogen-bond acceptors (Lipinski definition) is 3. The van der Waals surface area contributed by atoms with Crippen molar-refractivity contribution in [3.63, 3.8) is 0 Å². The zero-order valence-electron chi connectivity index (χ0n) is 18.8. The average Bonchev–Trinajstić information content (AvgIpc) is 3.59. The summed E-state index contributed by atoms with van der Waals surface area (Å²) in [5.74, 6) is 0. The first-order chi connectivity index (χ1) is 17.4. The van der Waals surface area contributed by atoms with Crippen LogP contribution in [-0.4, -0.2) is 19.4 Å². The summed E-state index contributed by atoms with van der Waals surface area (Å²) in [6.07, 6.45) is 7.54. The Morgan fingerprint density at radius 1 is 0.657 bits per heavy atom. The smallest absolute Gasteiger partial charge is 0.148 e. The molecule has 9 rings (SSSR count). The monoisotopic (exact) mass is 446 g/mol. The van der Waals surface area contributed by atoms with E-state index in [-0.39, 0.29) is 0 Å². The minimum Gasteiger partial charge on any atom is -0.276 e. The van der Waals surface area contributed by atoms with Gasteiger partial charge in [0.2, 0.25) is 0 Å². The van der Waals surface area contributed by atoms with Crippen LogP contribution in [-0.2, 0) is 12.8 Å². The van der Waals surface area contributed by atoms with Crippen LogP contribution < -0.4 is 0 Å². The molecule has 0 bridgehead atoms. The molecule has 4 heterocycles. The quantitative estimate of drug-likeness (QED) is 0.243. The summed E-state index contributed by atoms with van der Waals surface area (Å²) in [5.41, 5.74) is 15.1. The summed E-state index contributed by atoms with van der Waals surface area (Å²) in [6.45, 7) is 0. The van der Waals surface area contributed by atoms with Crippen LogP contribution in [0, 0.1) is 0 Å². The van der Waals surface area contributed by atoms with E-state index in [4.69, 9.17) is 9.97 Å². The van der Waals surface area contributed by atoms with Crippen LogP contribution in [0.3, 0.4) is 0 Å². The van der Waals surface area contributed by atoms with Gasteiger partial charge in [0.1, 0.15) is 16.8 Å². The number of fused-ring (bicyclic) bond motifs is 16. The molecule has 162 valence electrons. The van der Waals surface area contributed by atoms with E-state index in [1.165, 1.54) is 55.3 Å². The third kappa shape index (κ3) is 2.11. The second kappa shape index (κ2) is 6.10. The Kier molecular flexibility index (Phi) is 3.11. The van der Waals surface area contributed by atoms with Crippen LogP contribution in [0.5, 0.6) is 0 Å². The topological polar surface area (TPSA) is 43.1 Å². The van der Waals surface area contributed by atoms with Crippen LogP contribution in [0.4, 0.5) is 0 Å². The standard InChI is InChI=1S/C31H18N4/c1-2-5-19-17(4-1)14-24-20(19)9-10-22-25(24)15-18-7-8-21-23-6-3-12-33-30(23)35-27-11-13-32-16-26(27)34-31(35)29(21)28(18)22/h1-13,16H,14-15H2. The highest BCUT2D eigenvalue weighted by Crippen LogP contribution is 2.49. The number of rotatable bonds is 0. The summed E-state index contributed by atoms with van der Waals surface area (Å²) >= 11 is 0. The molecule has 0 saturated heterocycles. The van der Waals surface area contributed by atoms with Gasteiger partial charge in [-0.3, -0.25) is 9.38 Å². The molecule has 2 aliphatic rings. The molecule has 3 aromatic carbocycles. The van der Waals surface area contributed by atoms with Gasteiger partial charge < -0.3 is 0 Å². The number of nitrogens with zero attached hydrogens (tertiary/aromatic N) is 4. The Bertz CT molecular complexity index is 2070. The Morgan fingerprint density at radius 2 is 1.54 bits per heavy atom. The molecule has 0 atom stereocenters. The van der Waals surface area contributed by atoms with E-state index in [0.717, 1.165) is 40.6 Å². The maximum atomic E-state index is 5.11. The van der Waals surface area contributed by atoms with E-state index < -0.39 is 0 Å². The Hall–Kier alpha value is -4.57. The lowest BCUT2D eigenvalue weighted by atomic mass is 9.94. The van der Waals surface area contributed by atoms with Crippen molar-refractivity contribution in [2.75, 3.05) is 0 Å². The summed E-state index contributed by atoms with van der Waals surface area (Å²) in [7, 11) is 0. The molecular formula is C31H18N4. The molecule has 35 heavy (non-hydrogen) atoms. The van der Waals surface area contributed by atoms with Gasteiger partial charge in [0.05, 0.1) is 11.7 Å². The van der Waals surface area contributed by atoms with Crippen molar-refractivity contribution in [3.05, 3.63) is 108 Å². The molecule has 0 radical (unpaired) electrons. The lowest BCUT2D eigenvalue weighted by Gasteiger charge is -2.13. The normalized spacial score (nSPS) is 13.5. The van der Waals surface area contributed by atoms with Crippen molar-refractivity contribution < 1.29 is 0 Å². The van der Waals surface area contributed by atoms with Gasteiger partial charge in [-0.2, -0.15) is 0 Å². The average molecular weight is 447 g/mol. The fourth-order valence-corrected chi connectivity index (χ4v) is 6.56. The van der Waals surface area contributed by atoms with Crippen molar-refractivity contribution in [3.8, 4) is 22.3 Å². The van der Waals surface area contributed by atoms with Crippen LogP contribution >= 0.6 is 0 Å². The highest BCUT2D eigenvalue weighted by atomic mass is 15.1. The van der Waals surface area contributed by atoms with Gasteiger partial charge in [-0.15, -0.1) is 0 Å². The second-order valence-electron chi connectivity index (χ2n) is 9.66. The molecule has 0 fully saturated rings. The molecule has 0 unspecified atom stereocenters. The van der Waals surface area contributed by atoms with E-state index in [0.29, 0.717) is 0 Å². The fraction of sp³-hybridized carbons (Fsp3) is 0.0645. The predicted octanol–water partition coefficient (Wildman–Crippen LogP) is 6.73. The van der Waals surface area contributed by atoms with Gasteiger partial charge in [-0.1, -0.05) is 48.5 Å². The Labute approximate surface area is 200 Å². The van der Waals surface area contributed by atoms with Crippen molar-refractivity contribution in [1.82, 2.24) is 19.4 Å². The Balaban J connectivity index is 1.45. The van der Waals surface area contributed by atoms with E-state index in [1.807, 2.05) is 30.7 Å². The van der Waals surface area contributed by atoms with Crippen molar-refractivity contribution >= 4 is 38.5 Å². The van der Waals surface area contributed by atoms with Crippen LogP contribution in [0.1, 0.15) is 22.3 Å². The number of hydrogen-bond donors (Lipinski definition) is 0. The van der Waals surface area contributed by atoms with E-state index >= 15 is 0 Å². The van der Waals surface area contributed by atoms with E-state index in [2.05, 4.69) is 64.0 Å². The van der Waals surface area contributed by atoms with Gasteiger partial charge in [-0.05, 0) is 80.9 Å². The summed E-state index contributed by atoms with van der Waals surface area (Å²) < 4.78 is 2.22. The first kappa shape index (κ1) is 17.8. The van der Waals surface area contributed by atoms with Gasteiger partial charge in [0, 0.05) is 23.2 Å². The molecule has 0 N–H and O–H groups in total. The zero-order chi connectivity index (χ0) is 22.7. The Morgan fingerprint density at radius 3 is 2.54 bits per heavy atom. The maximum absolute atomic E-state index is 5.11.